The van der Waals surface area contributed by atoms with Crippen molar-refractivity contribution in [2.75, 3.05) is 13.7 Å². The molecule has 0 aliphatic carbocycles. The SMILES string of the molecule is CCc1nc(C)c(C(=O)NC(C)(COC)CC(=O)O)s1. The maximum atomic E-state index is 12.3. The van der Waals surface area contributed by atoms with Gasteiger partial charge in [-0.3, -0.25) is 9.59 Å². The summed E-state index contributed by atoms with van der Waals surface area (Å²) >= 11 is 1.33. The molecule has 7 heteroatoms. The Morgan fingerprint density at radius 3 is 2.60 bits per heavy atom. The van der Waals surface area contributed by atoms with Crippen LogP contribution in [0.15, 0.2) is 0 Å². The summed E-state index contributed by atoms with van der Waals surface area (Å²) in [4.78, 5) is 28.0. The minimum absolute atomic E-state index is 0.128. The zero-order chi connectivity index (χ0) is 15.3. The van der Waals surface area contributed by atoms with Crippen LogP contribution in [-0.4, -0.2) is 41.2 Å². The third-order valence-electron chi connectivity index (χ3n) is 2.77. The quantitative estimate of drug-likeness (QED) is 0.799. The van der Waals surface area contributed by atoms with Crippen LogP contribution >= 0.6 is 11.3 Å². The molecule has 0 aromatic carbocycles. The third-order valence-corrected chi connectivity index (χ3v) is 4.07. The van der Waals surface area contributed by atoms with Gasteiger partial charge in [-0.25, -0.2) is 4.98 Å². The number of amides is 1. The number of carbonyl (C=O) groups excluding carboxylic acids is 1. The van der Waals surface area contributed by atoms with E-state index in [1.165, 1.54) is 18.4 Å². The fourth-order valence-corrected chi connectivity index (χ4v) is 2.83. The van der Waals surface area contributed by atoms with Crippen molar-refractivity contribution in [2.24, 2.45) is 0 Å². The molecule has 1 aromatic rings. The van der Waals surface area contributed by atoms with Crippen LogP contribution in [0, 0.1) is 6.92 Å². The highest BCUT2D eigenvalue weighted by Gasteiger charge is 2.31. The van der Waals surface area contributed by atoms with Crippen LogP contribution in [0.5, 0.6) is 0 Å². The fourth-order valence-electron chi connectivity index (χ4n) is 1.93. The molecule has 20 heavy (non-hydrogen) atoms. The number of hydrogen-bond donors (Lipinski definition) is 2. The molecular weight excluding hydrogens is 280 g/mol. The van der Waals surface area contributed by atoms with Crippen molar-refractivity contribution in [3.8, 4) is 0 Å². The predicted molar refractivity (Wildman–Crippen MR) is 76.2 cm³/mol. The normalized spacial score (nSPS) is 13.8. The van der Waals surface area contributed by atoms with E-state index in [-0.39, 0.29) is 18.9 Å². The molecule has 0 saturated heterocycles. The monoisotopic (exact) mass is 300 g/mol. The number of aromatic nitrogens is 1. The van der Waals surface area contributed by atoms with Gasteiger partial charge in [0.25, 0.3) is 5.91 Å². The number of nitrogens with zero attached hydrogens (tertiary/aromatic N) is 1. The molecule has 1 amide bonds. The number of ether oxygens (including phenoxy) is 1. The van der Waals surface area contributed by atoms with E-state index in [0.717, 1.165) is 11.4 Å². The zero-order valence-corrected chi connectivity index (χ0v) is 13.0. The molecule has 0 saturated carbocycles. The van der Waals surface area contributed by atoms with Crippen LogP contribution in [0.25, 0.3) is 0 Å². The van der Waals surface area contributed by atoms with Crippen LogP contribution in [0.2, 0.25) is 0 Å². The number of nitrogens with one attached hydrogen (secondary N) is 1. The number of methoxy groups -OCH3 is 1. The van der Waals surface area contributed by atoms with Gasteiger partial charge in [-0.15, -0.1) is 11.3 Å². The fraction of sp³-hybridized carbons (Fsp3) is 0.615. The van der Waals surface area contributed by atoms with Gasteiger partial charge in [0.1, 0.15) is 4.88 Å². The van der Waals surface area contributed by atoms with Crippen molar-refractivity contribution in [1.82, 2.24) is 10.3 Å². The Kier molecular flexibility index (Phi) is 5.64. The Balaban J connectivity index is 2.89. The van der Waals surface area contributed by atoms with Crippen molar-refractivity contribution >= 4 is 23.2 Å². The number of rotatable bonds is 7. The van der Waals surface area contributed by atoms with E-state index in [0.29, 0.717) is 10.6 Å². The molecule has 1 aromatic heterocycles. The Labute approximate surface area is 122 Å². The molecule has 2 N–H and O–H groups in total. The average Bonchev–Trinajstić information content (AvgIpc) is 2.69. The third kappa shape index (κ3) is 4.28. The molecule has 0 bridgehead atoms. The topological polar surface area (TPSA) is 88.5 Å². The van der Waals surface area contributed by atoms with Crippen LogP contribution in [0.3, 0.4) is 0 Å². The van der Waals surface area contributed by atoms with E-state index >= 15 is 0 Å². The molecule has 0 aliphatic heterocycles. The first-order valence-corrected chi connectivity index (χ1v) is 7.12. The zero-order valence-electron chi connectivity index (χ0n) is 12.1. The summed E-state index contributed by atoms with van der Waals surface area (Å²) in [6.07, 6.45) is 0.564. The molecule has 0 aliphatic rings. The maximum absolute atomic E-state index is 12.3. The summed E-state index contributed by atoms with van der Waals surface area (Å²) in [6, 6.07) is 0. The number of aliphatic carboxylic acids is 1. The molecule has 1 heterocycles. The smallest absolute Gasteiger partial charge is 0.305 e. The lowest BCUT2D eigenvalue weighted by atomic mass is 9.99. The molecule has 0 radical (unpaired) electrons. The molecule has 0 spiro atoms. The first-order valence-electron chi connectivity index (χ1n) is 6.31. The molecule has 0 fully saturated rings. The lowest BCUT2D eigenvalue weighted by molar-refractivity contribution is -0.139. The van der Waals surface area contributed by atoms with E-state index in [4.69, 9.17) is 9.84 Å². The minimum Gasteiger partial charge on any atom is -0.481 e. The van der Waals surface area contributed by atoms with Gasteiger partial charge < -0.3 is 15.2 Å². The summed E-state index contributed by atoms with van der Waals surface area (Å²) in [5.74, 6) is -1.29. The largest absolute Gasteiger partial charge is 0.481 e. The van der Waals surface area contributed by atoms with Gasteiger partial charge in [0.2, 0.25) is 0 Å². The second-order valence-electron chi connectivity index (χ2n) is 4.89. The van der Waals surface area contributed by atoms with E-state index in [1.807, 2.05) is 6.92 Å². The molecule has 1 rings (SSSR count). The van der Waals surface area contributed by atoms with Crippen LogP contribution in [0.4, 0.5) is 0 Å². The van der Waals surface area contributed by atoms with Crippen LogP contribution in [-0.2, 0) is 16.0 Å². The maximum Gasteiger partial charge on any atom is 0.305 e. The molecule has 1 unspecified atom stereocenters. The lowest BCUT2D eigenvalue weighted by Crippen LogP contribution is -2.50. The van der Waals surface area contributed by atoms with E-state index in [2.05, 4.69) is 10.3 Å². The first-order chi connectivity index (χ1) is 9.31. The lowest BCUT2D eigenvalue weighted by Gasteiger charge is -2.28. The molecule has 1 atom stereocenters. The van der Waals surface area contributed by atoms with Gasteiger partial charge in [0, 0.05) is 7.11 Å². The van der Waals surface area contributed by atoms with Gasteiger partial charge in [-0.1, -0.05) is 6.92 Å². The minimum atomic E-state index is -0.986. The first kappa shape index (κ1) is 16.6. The number of carboxylic acid groups (broad SMARTS) is 1. The summed E-state index contributed by atoms with van der Waals surface area (Å²) in [7, 11) is 1.47. The van der Waals surface area contributed by atoms with Gasteiger partial charge in [0.05, 0.1) is 29.3 Å². The summed E-state index contributed by atoms with van der Waals surface area (Å²) in [6.45, 7) is 5.53. The molecular formula is C13H20N2O4S. The highest BCUT2D eigenvalue weighted by Crippen LogP contribution is 2.20. The van der Waals surface area contributed by atoms with E-state index < -0.39 is 11.5 Å². The predicted octanol–water partition coefficient (Wildman–Crippen LogP) is 1.62. The van der Waals surface area contributed by atoms with Crippen LogP contribution in [0.1, 0.15) is 40.6 Å². The standard InChI is InChI=1S/C13H20N2O4S/c1-5-9-14-8(2)11(20-9)12(18)15-13(3,7-19-4)6-10(16)17/h5-7H2,1-4H3,(H,15,18)(H,16,17). The van der Waals surface area contributed by atoms with Gasteiger partial charge >= 0.3 is 5.97 Å². The number of carboxylic acids is 1. The molecule has 6 nitrogen and oxygen atoms in total. The second kappa shape index (κ2) is 6.81. The Bertz CT molecular complexity index is 501. The van der Waals surface area contributed by atoms with Gasteiger partial charge in [0.15, 0.2) is 0 Å². The van der Waals surface area contributed by atoms with Crippen molar-refractivity contribution in [3.63, 3.8) is 0 Å². The van der Waals surface area contributed by atoms with Crippen molar-refractivity contribution in [2.45, 2.75) is 39.2 Å². The second-order valence-corrected chi connectivity index (χ2v) is 5.98. The highest BCUT2D eigenvalue weighted by molar-refractivity contribution is 7.13. The van der Waals surface area contributed by atoms with Gasteiger partial charge in [-0.2, -0.15) is 0 Å². The Morgan fingerprint density at radius 1 is 1.50 bits per heavy atom. The number of hydrogen-bond acceptors (Lipinski definition) is 5. The average molecular weight is 300 g/mol. The Hall–Kier alpha value is -1.47. The number of carbonyl (C=O) groups is 2. The van der Waals surface area contributed by atoms with Crippen LogP contribution < -0.4 is 5.32 Å². The van der Waals surface area contributed by atoms with Crippen molar-refractivity contribution < 1.29 is 19.4 Å². The van der Waals surface area contributed by atoms with Crippen molar-refractivity contribution in [1.29, 1.82) is 0 Å². The summed E-state index contributed by atoms with van der Waals surface area (Å²) in [5.41, 5.74) is -0.278. The number of thiazole rings is 1. The highest BCUT2D eigenvalue weighted by atomic mass is 32.1. The number of aryl methyl sites for hydroxylation is 2. The van der Waals surface area contributed by atoms with E-state index in [1.54, 1.807) is 13.8 Å². The Morgan fingerprint density at radius 2 is 2.15 bits per heavy atom. The molecule has 112 valence electrons. The van der Waals surface area contributed by atoms with Crippen molar-refractivity contribution in [3.05, 3.63) is 15.6 Å². The van der Waals surface area contributed by atoms with E-state index in [9.17, 15) is 9.59 Å². The summed E-state index contributed by atoms with van der Waals surface area (Å²) < 4.78 is 5.01. The van der Waals surface area contributed by atoms with Gasteiger partial charge in [-0.05, 0) is 20.3 Å². The summed E-state index contributed by atoms with van der Waals surface area (Å²) in [5, 5.41) is 12.6.